The average Bonchev–Trinajstić information content (AvgIpc) is 2.48. The molecule has 0 spiro atoms. The van der Waals surface area contributed by atoms with E-state index in [-0.39, 0.29) is 12.6 Å². The summed E-state index contributed by atoms with van der Waals surface area (Å²) >= 11 is 0. The summed E-state index contributed by atoms with van der Waals surface area (Å²) in [4.78, 5) is 13.9. The number of hydrogen-bond acceptors (Lipinski definition) is 2. The highest BCUT2D eigenvalue weighted by atomic mass is 16.3. The molecule has 0 unspecified atom stereocenters. The molecule has 1 aliphatic heterocycles. The normalized spacial score (nSPS) is 22.5. The van der Waals surface area contributed by atoms with E-state index in [2.05, 4.69) is 5.32 Å². The van der Waals surface area contributed by atoms with Crippen molar-refractivity contribution in [1.82, 2.24) is 10.2 Å². The van der Waals surface area contributed by atoms with Crippen LogP contribution in [0.4, 0.5) is 4.79 Å². The summed E-state index contributed by atoms with van der Waals surface area (Å²) in [6.07, 6.45) is 9.83. The van der Waals surface area contributed by atoms with Gasteiger partial charge in [-0.1, -0.05) is 32.1 Å². The molecule has 1 saturated heterocycles. The van der Waals surface area contributed by atoms with Gasteiger partial charge in [-0.3, -0.25) is 0 Å². The molecule has 1 aliphatic carbocycles. The van der Waals surface area contributed by atoms with Crippen molar-refractivity contribution in [2.24, 2.45) is 11.8 Å². The first-order valence-electron chi connectivity index (χ1n) is 7.93. The van der Waals surface area contributed by atoms with Crippen molar-refractivity contribution in [3.05, 3.63) is 0 Å². The van der Waals surface area contributed by atoms with Gasteiger partial charge >= 0.3 is 6.03 Å². The topological polar surface area (TPSA) is 52.6 Å². The SMILES string of the molecule is O=C(NCCC1CCCCC1)N1CCC(CO)CC1. The predicted octanol–water partition coefficient (Wildman–Crippen LogP) is 2.37. The molecule has 4 nitrogen and oxygen atoms in total. The van der Waals surface area contributed by atoms with Crippen molar-refractivity contribution >= 4 is 6.03 Å². The molecule has 1 saturated carbocycles. The van der Waals surface area contributed by atoms with Crippen LogP contribution in [0.3, 0.4) is 0 Å². The van der Waals surface area contributed by atoms with Gasteiger partial charge in [0.15, 0.2) is 0 Å². The summed E-state index contributed by atoms with van der Waals surface area (Å²) < 4.78 is 0. The number of aliphatic hydroxyl groups excluding tert-OH is 1. The van der Waals surface area contributed by atoms with Gasteiger partial charge in [-0.15, -0.1) is 0 Å². The summed E-state index contributed by atoms with van der Waals surface area (Å²) in [5.74, 6) is 1.22. The molecule has 4 heteroatoms. The quantitative estimate of drug-likeness (QED) is 0.822. The average molecular weight is 268 g/mol. The molecule has 19 heavy (non-hydrogen) atoms. The number of hydrogen-bond donors (Lipinski definition) is 2. The van der Waals surface area contributed by atoms with E-state index in [9.17, 15) is 4.79 Å². The molecule has 2 aliphatic rings. The van der Waals surface area contributed by atoms with E-state index in [0.717, 1.165) is 44.8 Å². The van der Waals surface area contributed by atoms with E-state index in [4.69, 9.17) is 5.11 Å². The molecule has 0 aromatic carbocycles. The Kier molecular flexibility index (Phi) is 5.95. The Balaban J connectivity index is 1.59. The lowest BCUT2D eigenvalue weighted by Crippen LogP contribution is -2.45. The third-order valence-electron chi connectivity index (χ3n) is 4.71. The van der Waals surface area contributed by atoms with Gasteiger partial charge in [-0.05, 0) is 31.1 Å². The van der Waals surface area contributed by atoms with Crippen molar-refractivity contribution in [2.75, 3.05) is 26.2 Å². The predicted molar refractivity (Wildman–Crippen MR) is 76.0 cm³/mol. The number of nitrogens with one attached hydrogen (secondary N) is 1. The molecule has 110 valence electrons. The van der Waals surface area contributed by atoms with Crippen molar-refractivity contribution < 1.29 is 9.90 Å². The van der Waals surface area contributed by atoms with E-state index in [1.807, 2.05) is 4.90 Å². The van der Waals surface area contributed by atoms with Crippen LogP contribution < -0.4 is 5.32 Å². The molecular weight excluding hydrogens is 240 g/mol. The monoisotopic (exact) mass is 268 g/mol. The number of likely N-dealkylation sites (tertiary alicyclic amines) is 1. The van der Waals surface area contributed by atoms with E-state index in [0.29, 0.717) is 5.92 Å². The molecule has 0 bridgehead atoms. The van der Waals surface area contributed by atoms with Gasteiger partial charge in [-0.2, -0.15) is 0 Å². The standard InChI is InChI=1S/C15H28N2O2/c18-12-14-7-10-17(11-8-14)15(19)16-9-6-13-4-2-1-3-5-13/h13-14,18H,1-12H2,(H,16,19). The summed E-state index contributed by atoms with van der Waals surface area (Å²) in [7, 11) is 0. The molecule has 2 rings (SSSR count). The number of piperidine rings is 1. The minimum absolute atomic E-state index is 0.0900. The van der Waals surface area contributed by atoms with Crippen LogP contribution in [0.2, 0.25) is 0 Å². The zero-order valence-electron chi connectivity index (χ0n) is 11.9. The van der Waals surface area contributed by atoms with Crippen molar-refractivity contribution in [2.45, 2.75) is 51.4 Å². The second-order valence-corrected chi connectivity index (χ2v) is 6.14. The maximum Gasteiger partial charge on any atom is 0.317 e. The van der Waals surface area contributed by atoms with Crippen LogP contribution in [0.15, 0.2) is 0 Å². The number of nitrogens with zero attached hydrogens (tertiary/aromatic N) is 1. The number of aliphatic hydroxyl groups is 1. The Labute approximate surface area is 116 Å². The Hall–Kier alpha value is -0.770. The van der Waals surface area contributed by atoms with Crippen molar-refractivity contribution in [3.8, 4) is 0 Å². The number of rotatable bonds is 4. The first kappa shape index (κ1) is 14.6. The molecule has 2 N–H and O–H groups in total. The van der Waals surface area contributed by atoms with Crippen molar-refractivity contribution in [1.29, 1.82) is 0 Å². The molecule has 0 atom stereocenters. The van der Waals surface area contributed by atoms with Crippen LogP contribution in [-0.2, 0) is 0 Å². The fraction of sp³-hybridized carbons (Fsp3) is 0.933. The largest absolute Gasteiger partial charge is 0.396 e. The third kappa shape index (κ3) is 4.68. The molecule has 0 radical (unpaired) electrons. The zero-order chi connectivity index (χ0) is 13.5. The minimum atomic E-state index is 0.0900. The Morgan fingerprint density at radius 3 is 2.37 bits per heavy atom. The maximum atomic E-state index is 12.0. The van der Waals surface area contributed by atoms with E-state index in [1.165, 1.54) is 32.1 Å². The Morgan fingerprint density at radius 1 is 1.05 bits per heavy atom. The van der Waals surface area contributed by atoms with Gasteiger partial charge in [0.1, 0.15) is 0 Å². The smallest absolute Gasteiger partial charge is 0.317 e. The highest BCUT2D eigenvalue weighted by Crippen LogP contribution is 2.25. The highest BCUT2D eigenvalue weighted by Gasteiger charge is 2.22. The number of carbonyl (C=O) groups is 1. The number of amides is 2. The molecule has 2 amide bonds. The first-order chi connectivity index (χ1) is 9.29. The minimum Gasteiger partial charge on any atom is -0.396 e. The Morgan fingerprint density at radius 2 is 1.74 bits per heavy atom. The van der Waals surface area contributed by atoms with Crippen LogP contribution >= 0.6 is 0 Å². The summed E-state index contributed by atoms with van der Waals surface area (Å²) in [5.41, 5.74) is 0. The summed E-state index contributed by atoms with van der Waals surface area (Å²) in [6.45, 7) is 2.67. The third-order valence-corrected chi connectivity index (χ3v) is 4.71. The molecule has 2 fully saturated rings. The van der Waals surface area contributed by atoms with E-state index < -0.39 is 0 Å². The molecule has 0 aromatic heterocycles. The van der Waals surface area contributed by atoms with Gasteiger partial charge < -0.3 is 15.3 Å². The molecule has 0 aromatic rings. The van der Waals surface area contributed by atoms with E-state index >= 15 is 0 Å². The van der Waals surface area contributed by atoms with Crippen LogP contribution in [0.5, 0.6) is 0 Å². The number of urea groups is 1. The lowest BCUT2D eigenvalue weighted by atomic mass is 9.87. The zero-order valence-corrected chi connectivity index (χ0v) is 11.9. The van der Waals surface area contributed by atoms with Gasteiger partial charge in [0.2, 0.25) is 0 Å². The molecular formula is C15H28N2O2. The van der Waals surface area contributed by atoms with Crippen LogP contribution in [0.1, 0.15) is 51.4 Å². The van der Waals surface area contributed by atoms with Gasteiger partial charge in [0.25, 0.3) is 0 Å². The van der Waals surface area contributed by atoms with Crippen LogP contribution in [-0.4, -0.2) is 42.3 Å². The Bertz CT molecular complexity index is 269. The van der Waals surface area contributed by atoms with E-state index in [1.54, 1.807) is 0 Å². The second-order valence-electron chi connectivity index (χ2n) is 6.14. The molecule has 1 heterocycles. The second kappa shape index (κ2) is 7.73. The lowest BCUT2D eigenvalue weighted by molar-refractivity contribution is 0.137. The fourth-order valence-corrected chi connectivity index (χ4v) is 3.29. The van der Waals surface area contributed by atoms with Gasteiger partial charge in [0.05, 0.1) is 0 Å². The van der Waals surface area contributed by atoms with Crippen LogP contribution in [0, 0.1) is 11.8 Å². The van der Waals surface area contributed by atoms with Gasteiger partial charge in [0, 0.05) is 26.2 Å². The highest BCUT2D eigenvalue weighted by molar-refractivity contribution is 5.74. The van der Waals surface area contributed by atoms with Crippen molar-refractivity contribution in [3.63, 3.8) is 0 Å². The lowest BCUT2D eigenvalue weighted by Gasteiger charge is -2.31. The number of carbonyl (C=O) groups excluding carboxylic acids is 1. The fourth-order valence-electron chi connectivity index (χ4n) is 3.29. The summed E-state index contributed by atoms with van der Waals surface area (Å²) in [6, 6.07) is 0.0900. The van der Waals surface area contributed by atoms with Gasteiger partial charge in [-0.25, -0.2) is 4.79 Å². The maximum absolute atomic E-state index is 12.0. The summed E-state index contributed by atoms with van der Waals surface area (Å²) in [5, 5.41) is 12.1. The first-order valence-corrected chi connectivity index (χ1v) is 7.93. The van der Waals surface area contributed by atoms with Crippen LogP contribution in [0.25, 0.3) is 0 Å².